The van der Waals surface area contributed by atoms with E-state index < -0.39 is 0 Å². The lowest BCUT2D eigenvalue weighted by atomic mass is 9.91. The Kier molecular flexibility index (Phi) is 5.02. The number of hydrogen-bond acceptors (Lipinski definition) is 3. The van der Waals surface area contributed by atoms with Gasteiger partial charge in [0.25, 0.3) is 0 Å². The molecule has 2 heterocycles. The van der Waals surface area contributed by atoms with Crippen LogP contribution in [0.2, 0.25) is 0 Å². The van der Waals surface area contributed by atoms with Gasteiger partial charge >= 0.3 is 0 Å². The molecule has 0 spiro atoms. The first-order valence-corrected chi connectivity index (χ1v) is 8.16. The number of piperidine rings is 1. The zero-order valence-corrected chi connectivity index (χ0v) is 13.7. The molecular formula is C15H27N3OS. The van der Waals surface area contributed by atoms with E-state index in [0.717, 1.165) is 13.1 Å². The van der Waals surface area contributed by atoms with Crippen molar-refractivity contribution in [1.82, 2.24) is 9.80 Å². The molecule has 114 valence electrons. The standard InChI is InChI=1S/C15H27N3OS/c1-10(2)13(14(16)20)15(19)18-9-12-6-4-5-7-17(12)8-11(18)3/h10-13H,4-9H2,1-3H3,(H2,16,20). The number of amides is 1. The predicted octanol–water partition coefficient (Wildman–Crippen LogP) is 1.63. The highest BCUT2D eigenvalue weighted by molar-refractivity contribution is 7.80. The lowest BCUT2D eigenvalue weighted by molar-refractivity contribution is -0.141. The summed E-state index contributed by atoms with van der Waals surface area (Å²) < 4.78 is 0. The Labute approximate surface area is 127 Å². The molecule has 3 atom stereocenters. The molecule has 0 aromatic heterocycles. The fraction of sp³-hybridized carbons (Fsp3) is 0.867. The van der Waals surface area contributed by atoms with Crippen LogP contribution in [0.4, 0.5) is 0 Å². The minimum atomic E-state index is -0.317. The first kappa shape index (κ1) is 15.7. The molecule has 0 aromatic carbocycles. The van der Waals surface area contributed by atoms with E-state index in [-0.39, 0.29) is 23.8 Å². The SMILES string of the molecule is CC(C)C(C(=O)N1CC2CCCCN2CC1C)C(N)=S. The van der Waals surface area contributed by atoms with Crippen LogP contribution in [0, 0.1) is 11.8 Å². The molecule has 1 amide bonds. The predicted molar refractivity (Wildman–Crippen MR) is 85.5 cm³/mol. The average Bonchev–Trinajstić information content (AvgIpc) is 2.36. The van der Waals surface area contributed by atoms with Gasteiger partial charge in [-0.05, 0) is 32.2 Å². The van der Waals surface area contributed by atoms with Gasteiger partial charge in [-0.1, -0.05) is 32.5 Å². The summed E-state index contributed by atoms with van der Waals surface area (Å²) in [6.45, 7) is 9.18. The Balaban J connectivity index is 2.10. The summed E-state index contributed by atoms with van der Waals surface area (Å²) in [6, 6.07) is 0.788. The van der Waals surface area contributed by atoms with E-state index in [2.05, 4.69) is 11.8 Å². The molecule has 20 heavy (non-hydrogen) atoms. The van der Waals surface area contributed by atoms with Crippen LogP contribution in [0.25, 0.3) is 0 Å². The summed E-state index contributed by atoms with van der Waals surface area (Å²) >= 11 is 5.11. The zero-order valence-electron chi connectivity index (χ0n) is 12.8. The van der Waals surface area contributed by atoms with Gasteiger partial charge in [-0.15, -0.1) is 0 Å². The lowest BCUT2D eigenvalue weighted by Gasteiger charge is -2.48. The average molecular weight is 297 g/mol. The summed E-state index contributed by atoms with van der Waals surface area (Å²) in [5.41, 5.74) is 5.80. The van der Waals surface area contributed by atoms with Crippen LogP contribution >= 0.6 is 12.2 Å². The van der Waals surface area contributed by atoms with Crippen molar-refractivity contribution in [2.75, 3.05) is 19.6 Å². The number of fused-ring (bicyclic) bond motifs is 1. The summed E-state index contributed by atoms with van der Waals surface area (Å²) in [7, 11) is 0. The van der Waals surface area contributed by atoms with Crippen LogP contribution < -0.4 is 5.73 Å². The number of thiocarbonyl (C=S) groups is 1. The largest absolute Gasteiger partial charge is 0.393 e. The van der Waals surface area contributed by atoms with Crippen LogP contribution in [0.15, 0.2) is 0 Å². The topological polar surface area (TPSA) is 49.6 Å². The number of rotatable bonds is 3. The van der Waals surface area contributed by atoms with Crippen molar-refractivity contribution in [1.29, 1.82) is 0 Å². The van der Waals surface area contributed by atoms with Crippen molar-refractivity contribution < 1.29 is 4.79 Å². The Morgan fingerprint density at radius 1 is 1.30 bits per heavy atom. The van der Waals surface area contributed by atoms with Crippen molar-refractivity contribution in [2.24, 2.45) is 17.6 Å². The number of nitrogens with zero attached hydrogens (tertiary/aromatic N) is 2. The molecule has 5 heteroatoms. The first-order chi connectivity index (χ1) is 9.41. The van der Waals surface area contributed by atoms with E-state index in [1.54, 1.807) is 0 Å². The van der Waals surface area contributed by atoms with Crippen molar-refractivity contribution in [2.45, 2.75) is 52.1 Å². The maximum absolute atomic E-state index is 12.8. The Bertz CT molecular complexity index is 385. The third kappa shape index (κ3) is 3.14. The molecule has 0 bridgehead atoms. The molecule has 0 saturated carbocycles. The maximum Gasteiger partial charge on any atom is 0.233 e. The summed E-state index contributed by atoms with van der Waals surface area (Å²) in [5, 5.41) is 0. The second kappa shape index (κ2) is 6.39. The molecule has 2 aliphatic rings. The summed E-state index contributed by atoms with van der Waals surface area (Å²) in [4.78, 5) is 17.7. The van der Waals surface area contributed by atoms with E-state index in [1.807, 2.05) is 18.7 Å². The van der Waals surface area contributed by atoms with Crippen LogP contribution in [0.1, 0.15) is 40.0 Å². The monoisotopic (exact) mass is 297 g/mol. The molecule has 2 saturated heterocycles. The molecule has 4 nitrogen and oxygen atoms in total. The van der Waals surface area contributed by atoms with Gasteiger partial charge in [0.1, 0.15) is 0 Å². The number of carbonyl (C=O) groups excluding carboxylic acids is 1. The number of piperazine rings is 1. The number of nitrogens with two attached hydrogens (primary N) is 1. The van der Waals surface area contributed by atoms with Gasteiger partial charge in [-0.3, -0.25) is 9.69 Å². The third-order valence-electron chi connectivity index (χ3n) is 4.71. The minimum Gasteiger partial charge on any atom is -0.393 e. The highest BCUT2D eigenvalue weighted by Gasteiger charge is 2.38. The molecule has 3 unspecified atom stereocenters. The summed E-state index contributed by atoms with van der Waals surface area (Å²) in [6.07, 6.45) is 3.77. The second-order valence-corrected chi connectivity index (χ2v) is 7.08. The van der Waals surface area contributed by atoms with E-state index in [0.29, 0.717) is 11.0 Å². The van der Waals surface area contributed by atoms with Gasteiger partial charge in [0.2, 0.25) is 5.91 Å². The highest BCUT2D eigenvalue weighted by atomic mass is 32.1. The molecule has 0 aromatic rings. The molecule has 2 N–H and O–H groups in total. The summed E-state index contributed by atoms with van der Waals surface area (Å²) in [5.74, 6) is -0.0237. The van der Waals surface area contributed by atoms with Crippen LogP contribution in [-0.2, 0) is 4.79 Å². The van der Waals surface area contributed by atoms with Gasteiger partial charge in [0.15, 0.2) is 0 Å². The van der Waals surface area contributed by atoms with E-state index in [9.17, 15) is 4.79 Å². The Morgan fingerprint density at radius 2 is 2.00 bits per heavy atom. The smallest absolute Gasteiger partial charge is 0.233 e. The maximum atomic E-state index is 12.8. The Hall–Kier alpha value is -0.680. The van der Waals surface area contributed by atoms with Gasteiger partial charge < -0.3 is 10.6 Å². The normalized spacial score (nSPS) is 29.1. The fourth-order valence-corrected chi connectivity index (χ4v) is 3.95. The highest BCUT2D eigenvalue weighted by Crippen LogP contribution is 2.26. The van der Waals surface area contributed by atoms with Crippen molar-refractivity contribution in [3.05, 3.63) is 0 Å². The second-order valence-electron chi connectivity index (χ2n) is 6.61. The number of carbonyl (C=O) groups is 1. The first-order valence-electron chi connectivity index (χ1n) is 7.75. The molecule has 2 aliphatic heterocycles. The van der Waals surface area contributed by atoms with Crippen LogP contribution in [0.3, 0.4) is 0 Å². The minimum absolute atomic E-state index is 0.130. The molecule has 0 aliphatic carbocycles. The van der Waals surface area contributed by atoms with Crippen molar-refractivity contribution in [3.8, 4) is 0 Å². The fourth-order valence-electron chi connectivity index (χ4n) is 3.57. The van der Waals surface area contributed by atoms with Crippen LogP contribution in [0.5, 0.6) is 0 Å². The van der Waals surface area contributed by atoms with Crippen molar-refractivity contribution in [3.63, 3.8) is 0 Å². The zero-order chi connectivity index (χ0) is 14.9. The van der Waals surface area contributed by atoms with Gasteiger partial charge in [0.05, 0.1) is 10.9 Å². The quantitative estimate of drug-likeness (QED) is 0.805. The van der Waals surface area contributed by atoms with Crippen LogP contribution in [-0.4, -0.2) is 52.4 Å². The van der Waals surface area contributed by atoms with Gasteiger partial charge in [-0.25, -0.2) is 0 Å². The molecule has 2 fully saturated rings. The van der Waals surface area contributed by atoms with Gasteiger partial charge in [-0.2, -0.15) is 0 Å². The molecule has 0 radical (unpaired) electrons. The van der Waals surface area contributed by atoms with Crippen molar-refractivity contribution >= 4 is 23.1 Å². The van der Waals surface area contributed by atoms with E-state index in [4.69, 9.17) is 18.0 Å². The lowest BCUT2D eigenvalue weighted by Crippen LogP contribution is -2.61. The Morgan fingerprint density at radius 3 is 2.60 bits per heavy atom. The molecule has 2 rings (SSSR count). The number of hydrogen-bond donors (Lipinski definition) is 1. The van der Waals surface area contributed by atoms with E-state index >= 15 is 0 Å². The van der Waals surface area contributed by atoms with E-state index in [1.165, 1.54) is 25.8 Å². The third-order valence-corrected chi connectivity index (χ3v) is 4.96. The molecular weight excluding hydrogens is 270 g/mol. The van der Waals surface area contributed by atoms with Gasteiger partial charge in [0, 0.05) is 25.2 Å².